The van der Waals surface area contributed by atoms with E-state index in [1.54, 1.807) is 120 Å². The average molecular weight is 1690 g/mol. The smallest absolute Gasteiger partial charge is 0.488 e. The van der Waals surface area contributed by atoms with Gasteiger partial charge < -0.3 is 49.4 Å². The van der Waals surface area contributed by atoms with Gasteiger partial charge in [0.25, 0.3) is 5.91 Å². The maximum Gasteiger partial charge on any atom is 0.488 e. The molecule has 6 atom stereocenters. The summed E-state index contributed by atoms with van der Waals surface area (Å²) in [7, 11) is 3.10. The number of benzene rings is 3. The van der Waals surface area contributed by atoms with Gasteiger partial charge in [-0.25, -0.2) is 29.1 Å². The van der Waals surface area contributed by atoms with Crippen LogP contribution in [0.2, 0.25) is 15.1 Å². The Morgan fingerprint density at radius 1 is 0.521 bits per heavy atom. The average Bonchev–Trinajstić information content (AvgIpc) is 1.63. The van der Waals surface area contributed by atoms with E-state index in [9.17, 15) is 28.8 Å². The second-order valence-electron chi connectivity index (χ2n) is 24.6. The number of methoxy groups -OCH3 is 3. The predicted molar refractivity (Wildman–Crippen MR) is 387 cm³/mol. The minimum absolute atomic E-state index is 0. The van der Waals surface area contributed by atoms with E-state index >= 15 is 0 Å². The number of imide groups is 3. The summed E-state index contributed by atoms with van der Waals surface area (Å²) in [6.45, 7) is 23.3. The van der Waals surface area contributed by atoms with E-state index in [4.69, 9.17) is 73.3 Å². The summed E-state index contributed by atoms with van der Waals surface area (Å²) in [5, 5.41) is 18.9. The number of likely N-dealkylation sites (tertiary alicyclic amines) is 2. The number of hydrogen-bond donors (Lipinski definition) is 2. The van der Waals surface area contributed by atoms with E-state index < -0.39 is 42.2 Å². The molecular formula is C70H104BCl3IN3O16Rh2. The number of amides is 6. The molecule has 6 amide bonds. The van der Waals surface area contributed by atoms with E-state index in [2.05, 4.69) is 71.2 Å². The molecule has 8 rings (SSSR count). The molecule has 26 heteroatoms. The molecule has 0 bridgehead atoms. The molecule has 3 aromatic carbocycles. The first kappa shape index (κ1) is 97.7. The number of carbonyl (C=O) groups is 6. The minimum atomic E-state index is -1.49. The molecule has 0 aromatic heterocycles. The van der Waals surface area contributed by atoms with Crippen molar-refractivity contribution in [1.29, 1.82) is 0 Å². The Bertz CT molecular complexity index is 2950. The van der Waals surface area contributed by atoms with Crippen LogP contribution in [0.5, 0.6) is 17.2 Å². The number of rotatable bonds is 6. The van der Waals surface area contributed by atoms with E-state index in [1.165, 1.54) is 86.5 Å². The number of hydrogen-bond acceptors (Lipinski definition) is 14. The normalized spacial score (nSPS) is 19.6. The van der Waals surface area contributed by atoms with Crippen LogP contribution in [0.15, 0.2) is 115 Å². The molecule has 3 aliphatic heterocycles. The zero-order valence-corrected chi connectivity index (χ0v) is 65.4. The Kier molecular flexibility index (Phi) is 49.0. The van der Waals surface area contributed by atoms with Crippen LogP contribution in [0.1, 0.15) is 178 Å². The van der Waals surface area contributed by atoms with Crippen molar-refractivity contribution in [2.24, 2.45) is 5.92 Å². The van der Waals surface area contributed by atoms with Gasteiger partial charge in [0.05, 0.1) is 42.4 Å². The van der Waals surface area contributed by atoms with Gasteiger partial charge >= 0.3 is 25.4 Å². The summed E-state index contributed by atoms with van der Waals surface area (Å²) in [4.78, 5) is 77.8. The SMILES string of the molecule is C.C1=CCC/C=C\CC1.C1=CCC/C=C\CC1.CI.COc1ccc(B(O)O)cc1Cl.COc1ccc([C@@H]2CC(=O)N(C(=O)OC(C)(C)C)[C@H]2C)cc1Cl.COc1ccc([C@@H]2[C@@H](C)C(=O)N(C(=O)OC(C)(C)C)[C@H]2C)cc1Cl.C[C@H]1C=CC(=O)N1C(=O)OC(C)(C)C.O.O.[Rh].[Rh]. The quantitative estimate of drug-likeness (QED) is 0.0764. The summed E-state index contributed by atoms with van der Waals surface area (Å²) in [6, 6.07) is 14.6. The monoisotopic (exact) mass is 1690 g/mol. The number of ether oxygens (including phenoxy) is 6. The van der Waals surface area contributed by atoms with Gasteiger partial charge in [0.1, 0.15) is 34.1 Å². The van der Waals surface area contributed by atoms with Crippen molar-refractivity contribution < 1.29 is 117 Å². The van der Waals surface area contributed by atoms with Gasteiger partial charge in [0.2, 0.25) is 11.8 Å². The number of halogens is 4. The van der Waals surface area contributed by atoms with Crippen LogP contribution in [0.3, 0.4) is 0 Å². The zero-order chi connectivity index (χ0) is 69.0. The first-order chi connectivity index (χ1) is 42.7. The van der Waals surface area contributed by atoms with E-state index in [0.29, 0.717) is 37.8 Å². The van der Waals surface area contributed by atoms with E-state index in [-0.39, 0.29) is 117 Å². The van der Waals surface area contributed by atoms with Gasteiger partial charge in [0.15, 0.2) is 0 Å². The van der Waals surface area contributed by atoms with Crippen molar-refractivity contribution in [3.63, 3.8) is 0 Å². The number of carbonyl (C=O) groups excluding carboxylic acids is 6. The second kappa shape index (κ2) is 48.2. The Morgan fingerprint density at radius 2 is 0.854 bits per heavy atom. The summed E-state index contributed by atoms with van der Waals surface area (Å²) < 4.78 is 31.0. The molecule has 0 unspecified atom stereocenters. The molecule has 2 radical (unpaired) electrons. The number of alkyl halides is 1. The van der Waals surface area contributed by atoms with Gasteiger partial charge in [-0.05, 0) is 192 Å². The van der Waals surface area contributed by atoms with Crippen LogP contribution >= 0.6 is 57.4 Å². The second-order valence-corrected chi connectivity index (χ2v) is 25.8. The van der Waals surface area contributed by atoms with E-state index in [1.807, 2.05) is 37.8 Å². The molecule has 96 heavy (non-hydrogen) atoms. The zero-order valence-electron chi connectivity index (χ0n) is 57.7. The van der Waals surface area contributed by atoms with Crippen LogP contribution in [-0.2, 0) is 67.6 Å². The summed E-state index contributed by atoms with van der Waals surface area (Å²) in [6.07, 6.45) is 29.5. The van der Waals surface area contributed by atoms with E-state index in [0.717, 1.165) is 16.0 Å². The summed E-state index contributed by atoms with van der Waals surface area (Å²) in [5.74, 6) is 0.305. The van der Waals surface area contributed by atoms with Gasteiger partial charge in [-0.3, -0.25) is 14.4 Å². The fraction of sp³-hybridized carbons (Fsp3) is 0.514. The maximum absolute atomic E-state index is 12.6. The molecular weight excluding hydrogens is 1590 g/mol. The molecule has 3 aromatic rings. The molecule has 0 saturated carbocycles. The Morgan fingerprint density at radius 3 is 1.18 bits per heavy atom. The van der Waals surface area contributed by atoms with Crippen LogP contribution < -0.4 is 19.7 Å². The Labute approximate surface area is 625 Å². The molecule has 19 nitrogen and oxygen atoms in total. The topological polar surface area (TPSA) is 271 Å². The maximum atomic E-state index is 12.6. The van der Waals surface area contributed by atoms with Crippen molar-refractivity contribution in [1.82, 2.24) is 14.7 Å². The Balaban J connectivity index is -0.000000544. The van der Waals surface area contributed by atoms with Crippen LogP contribution in [0.4, 0.5) is 14.4 Å². The van der Waals surface area contributed by atoms with Crippen molar-refractivity contribution in [2.75, 3.05) is 26.3 Å². The largest absolute Gasteiger partial charge is 0.495 e. The molecule has 2 aliphatic carbocycles. The van der Waals surface area contributed by atoms with Crippen molar-refractivity contribution >= 4 is 106 Å². The standard InChI is InChI=1S/C18H24ClNO4.C17H22ClNO4.C10H15NO3.2C8H12.C7H8BClO3.CH3I.CH4.2H2O.2Rh/c1-10-15(12-7-8-14(23-6)13(19)9-12)11(2)20(16(10)21)17(22)24-18(3,4)5;1-10-12(11-6-7-14(22-5)13(18)8-11)9-15(20)19(10)16(21)23-17(2,3)4;1-7-5-6-8(12)11(7)9(13)14-10(2,3)4;2*1-2-4-6-8-7-5-3-1;1-12-7-3-2-5(8(10)11)4-6(7)9;1-2;;;;;/h7-11,15H,1-6H3;6-8,10,12H,9H2,1-5H3;5-7H,1-4H3;2*1-2,7-8H,3-6H2;2-4,10-11H,1H3;1H3;1H4;2*1H2;;/b;;;2*2-1-,8-7?;;;;;;;/t10-,11+,15-;10-,12+;7-;;;;;;;;;/m100........./s1. The third kappa shape index (κ3) is 33.5. The predicted octanol–water partition coefficient (Wildman–Crippen LogP) is 15.3. The molecule has 5 aliphatic rings. The summed E-state index contributed by atoms with van der Waals surface area (Å²) in [5.41, 5.74) is 0.295. The van der Waals surface area contributed by atoms with Gasteiger partial charge in [0, 0.05) is 81.3 Å². The molecule has 3 heterocycles. The first-order valence-electron chi connectivity index (χ1n) is 30.4. The van der Waals surface area contributed by atoms with Crippen molar-refractivity contribution in [2.45, 2.75) is 202 Å². The third-order valence-electron chi connectivity index (χ3n) is 14.0. The fourth-order valence-electron chi connectivity index (χ4n) is 9.64. The molecule has 0 spiro atoms. The van der Waals surface area contributed by atoms with Crippen LogP contribution in [-0.4, -0.2) is 140 Å². The third-order valence-corrected chi connectivity index (χ3v) is 14.9. The summed E-state index contributed by atoms with van der Waals surface area (Å²) >= 11 is 20.2. The molecule has 6 N–H and O–H groups in total. The van der Waals surface area contributed by atoms with Gasteiger partial charge in [-0.1, -0.05) is 145 Å². The first-order valence-corrected chi connectivity index (χ1v) is 33.7. The molecule has 2 fully saturated rings. The fourth-order valence-corrected chi connectivity index (χ4v) is 10.4. The van der Waals surface area contributed by atoms with Gasteiger partial charge in [-0.2, -0.15) is 0 Å². The number of nitrogens with zero attached hydrogens (tertiary/aromatic N) is 3. The Hall–Kier alpha value is -4.67. The molecule has 2 saturated heterocycles. The van der Waals surface area contributed by atoms with Crippen molar-refractivity contribution in [3.05, 3.63) is 142 Å². The minimum Gasteiger partial charge on any atom is -0.495 e. The van der Waals surface area contributed by atoms with Gasteiger partial charge in [-0.15, -0.1) is 0 Å². The van der Waals surface area contributed by atoms with Crippen LogP contribution in [0, 0.1) is 5.92 Å². The van der Waals surface area contributed by atoms with Crippen LogP contribution in [0.25, 0.3) is 0 Å². The molecule has 544 valence electrons. The number of allylic oxidation sites excluding steroid dienone is 8. The van der Waals surface area contributed by atoms with Crippen molar-refractivity contribution in [3.8, 4) is 17.2 Å².